The molecule has 1 saturated heterocycles. The average molecular weight is 127 g/mol. The van der Waals surface area contributed by atoms with Crippen LogP contribution in [0.15, 0.2) is 0 Å². The number of ketones is 1. The Morgan fingerprint density at radius 2 is 2.22 bits per heavy atom. The minimum Gasteiger partial charge on any atom is -0.305 e. The molecule has 0 saturated carbocycles. The Labute approximate surface area is 55.6 Å². The fourth-order valence-electron chi connectivity index (χ4n) is 1.25. The fourth-order valence-corrected chi connectivity index (χ4v) is 1.25. The second-order valence-corrected chi connectivity index (χ2v) is 2.81. The van der Waals surface area contributed by atoms with Crippen LogP contribution in [-0.2, 0) is 4.79 Å². The van der Waals surface area contributed by atoms with Crippen LogP contribution in [0.1, 0.15) is 26.7 Å². The van der Waals surface area contributed by atoms with Gasteiger partial charge in [0.15, 0.2) is 0 Å². The van der Waals surface area contributed by atoms with Crippen molar-refractivity contribution in [2.45, 2.75) is 38.8 Å². The molecule has 1 aliphatic rings. The quantitative estimate of drug-likeness (QED) is 0.562. The third kappa shape index (κ3) is 1.52. The first-order valence-electron chi connectivity index (χ1n) is 3.46. The highest BCUT2D eigenvalue weighted by Crippen LogP contribution is 2.11. The maximum Gasteiger partial charge on any atom is 0.146 e. The average Bonchev–Trinajstić information content (AvgIpc) is 2.14. The predicted octanol–water partition coefficient (Wildman–Crippen LogP) is 0.716. The number of Topliss-reactive ketones (excluding diaryl/α,β-unsaturated/α-hetero) is 1. The van der Waals surface area contributed by atoms with E-state index in [0.717, 1.165) is 12.8 Å². The molecule has 52 valence electrons. The summed E-state index contributed by atoms with van der Waals surface area (Å²) < 4.78 is 0. The molecule has 2 heteroatoms. The van der Waals surface area contributed by atoms with Crippen molar-refractivity contribution in [3.8, 4) is 0 Å². The largest absolute Gasteiger partial charge is 0.305 e. The van der Waals surface area contributed by atoms with Crippen LogP contribution in [0.3, 0.4) is 0 Å². The van der Waals surface area contributed by atoms with Gasteiger partial charge in [0.05, 0.1) is 6.04 Å². The van der Waals surface area contributed by atoms with Gasteiger partial charge in [-0.2, -0.15) is 0 Å². The summed E-state index contributed by atoms with van der Waals surface area (Å²) in [5.41, 5.74) is 0. The lowest BCUT2D eigenvalue weighted by Crippen LogP contribution is -2.32. The van der Waals surface area contributed by atoms with Crippen LogP contribution in [0.5, 0.6) is 0 Å². The monoisotopic (exact) mass is 127 g/mol. The zero-order valence-corrected chi connectivity index (χ0v) is 5.98. The highest BCUT2D eigenvalue weighted by molar-refractivity contribution is 5.81. The lowest BCUT2D eigenvalue weighted by molar-refractivity contribution is -0.118. The van der Waals surface area contributed by atoms with E-state index in [1.807, 2.05) is 0 Å². The summed E-state index contributed by atoms with van der Waals surface area (Å²) in [5, 5.41) is 3.20. The summed E-state index contributed by atoms with van der Waals surface area (Å²) in [7, 11) is 0. The molecule has 0 radical (unpaired) electrons. The number of hydrogen-bond donors (Lipinski definition) is 1. The summed E-state index contributed by atoms with van der Waals surface area (Å²) in [5.74, 6) is 0.277. The molecule has 1 N–H and O–H groups in total. The molecule has 0 aromatic heterocycles. The molecule has 0 spiro atoms. The first-order chi connectivity index (χ1) is 4.20. The summed E-state index contributed by atoms with van der Waals surface area (Å²) in [6, 6.07) is 0.693. The molecule has 0 aromatic rings. The van der Waals surface area contributed by atoms with Gasteiger partial charge >= 0.3 is 0 Å². The van der Waals surface area contributed by atoms with Crippen LogP contribution in [0.25, 0.3) is 0 Å². The van der Waals surface area contributed by atoms with Crippen LogP contribution in [0, 0.1) is 0 Å². The molecule has 0 unspecified atom stereocenters. The van der Waals surface area contributed by atoms with Crippen LogP contribution in [0.4, 0.5) is 0 Å². The number of carbonyl (C=O) groups is 1. The molecular formula is C7H13NO. The van der Waals surface area contributed by atoms with Gasteiger partial charge < -0.3 is 5.32 Å². The molecule has 1 aliphatic heterocycles. The maximum atomic E-state index is 10.7. The van der Waals surface area contributed by atoms with E-state index in [2.05, 4.69) is 12.2 Å². The van der Waals surface area contributed by atoms with Gasteiger partial charge in [0.25, 0.3) is 0 Å². The molecule has 0 amide bonds. The first kappa shape index (κ1) is 6.75. The van der Waals surface area contributed by atoms with Gasteiger partial charge in [0, 0.05) is 6.04 Å². The van der Waals surface area contributed by atoms with E-state index in [-0.39, 0.29) is 11.8 Å². The van der Waals surface area contributed by atoms with Crippen molar-refractivity contribution < 1.29 is 4.79 Å². The van der Waals surface area contributed by atoms with Crippen LogP contribution in [0.2, 0.25) is 0 Å². The minimum absolute atomic E-state index is 0.153. The van der Waals surface area contributed by atoms with E-state index >= 15 is 0 Å². The zero-order chi connectivity index (χ0) is 6.85. The van der Waals surface area contributed by atoms with Crippen molar-refractivity contribution >= 4 is 5.78 Å². The fraction of sp³-hybridized carbons (Fsp3) is 0.857. The van der Waals surface area contributed by atoms with Crippen molar-refractivity contribution in [1.82, 2.24) is 5.32 Å². The Balaban J connectivity index is 2.39. The highest BCUT2D eigenvalue weighted by atomic mass is 16.1. The normalized spacial score (nSPS) is 34.9. The standard InChI is InChI=1S/C7H13NO/c1-5-3-4-7(8-5)6(2)9/h5,7-8H,3-4H2,1-2H3/t5-,7+/m1/s1. The number of rotatable bonds is 1. The van der Waals surface area contributed by atoms with Gasteiger partial charge in [-0.15, -0.1) is 0 Å². The van der Waals surface area contributed by atoms with Gasteiger partial charge in [-0.1, -0.05) is 0 Å². The van der Waals surface area contributed by atoms with Crippen molar-refractivity contribution in [2.75, 3.05) is 0 Å². The van der Waals surface area contributed by atoms with Gasteiger partial charge in [0.2, 0.25) is 0 Å². The summed E-state index contributed by atoms with van der Waals surface area (Å²) >= 11 is 0. The zero-order valence-electron chi connectivity index (χ0n) is 5.98. The summed E-state index contributed by atoms with van der Waals surface area (Å²) in [6.45, 7) is 3.76. The molecule has 0 bridgehead atoms. The molecule has 2 atom stereocenters. The maximum absolute atomic E-state index is 10.7. The Bertz CT molecular complexity index is 122. The third-order valence-corrected chi connectivity index (χ3v) is 1.86. The molecule has 0 aromatic carbocycles. The van der Waals surface area contributed by atoms with Crippen molar-refractivity contribution in [2.24, 2.45) is 0 Å². The number of nitrogens with one attached hydrogen (secondary N) is 1. The molecule has 1 heterocycles. The van der Waals surface area contributed by atoms with Crippen LogP contribution in [-0.4, -0.2) is 17.9 Å². The third-order valence-electron chi connectivity index (χ3n) is 1.86. The highest BCUT2D eigenvalue weighted by Gasteiger charge is 2.22. The minimum atomic E-state index is 0.153. The van der Waals surface area contributed by atoms with Gasteiger partial charge in [-0.3, -0.25) is 4.79 Å². The Hall–Kier alpha value is -0.370. The predicted molar refractivity (Wildman–Crippen MR) is 36.3 cm³/mol. The van der Waals surface area contributed by atoms with Crippen LogP contribution < -0.4 is 5.32 Å². The lowest BCUT2D eigenvalue weighted by Gasteiger charge is -2.05. The Morgan fingerprint density at radius 1 is 1.56 bits per heavy atom. The van der Waals surface area contributed by atoms with Gasteiger partial charge in [-0.05, 0) is 26.7 Å². The summed E-state index contributed by atoms with van der Waals surface area (Å²) in [6.07, 6.45) is 2.17. The molecule has 2 nitrogen and oxygen atoms in total. The van der Waals surface area contributed by atoms with E-state index in [1.54, 1.807) is 6.92 Å². The molecule has 0 aliphatic carbocycles. The van der Waals surface area contributed by atoms with E-state index in [9.17, 15) is 4.79 Å². The van der Waals surface area contributed by atoms with Gasteiger partial charge in [0.1, 0.15) is 5.78 Å². The smallest absolute Gasteiger partial charge is 0.146 e. The van der Waals surface area contributed by atoms with Gasteiger partial charge in [-0.25, -0.2) is 0 Å². The molecular weight excluding hydrogens is 114 g/mol. The summed E-state index contributed by atoms with van der Waals surface area (Å²) in [4.78, 5) is 10.7. The lowest BCUT2D eigenvalue weighted by atomic mass is 10.1. The molecule has 1 fully saturated rings. The Kier molecular flexibility index (Phi) is 1.86. The van der Waals surface area contributed by atoms with E-state index in [1.165, 1.54) is 0 Å². The van der Waals surface area contributed by atoms with E-state index in [0.29, 0.717) is 6.04 Å². The van der Waals surface area contributed by atoms with E-state index in [4.69, 9.17) is 0 Å². The topological polar surface area (TPSA) is 29.1 Å². The second-order valence-electron chi connectivity index (χ2n) is 2.81. The number of hydrogen-bond acceptors (Lipinski definition) is 2. The molecule has 1 rings (SSSR count). The SMILES string of the molecule is CC(=O)[C@@H]1CC[C@@H](C)N1. The van der Waals surface area contributed by atoms with Crippen molar-refractivity contribution in [1.29, 1.82) is 0 Å². The van der Waals surface area contributed by atoms with E-state index < -0.39 is 0 Å². The molecule has 9 heavy (non-hydrogen) atoms. The Morgan fingerprint density at radius 3 is 2.44 bits per heavy atom. The van der Waals surface area contributed by atoms with Crippen molar-refractivity contribution in [3.05, 3.63) is 0 Å². The number of carbonyl (C=O) groups excluding carboxylic acids is 1. The first-order valence-corrected chi connectivity index (χ1v) is 3.46. The van der Waals surface area contributed by atoms with Crippen LogP contribution >= 0.6 is 0 Å². The van der Waals surface area contributed by atoms with Crippen molar-refractivity contribution in [3.63, 3.8) is 0 Å². The second kappa shape index (κ2) is 2.48.